The van der Waals surface area contributed by atoms with Crippen molar-refractivity contribution in [3.63, 3.8) is 0 Å². The Labute approximate surface area is 153 Å². The van der Waals surface area contributed by atoms with E-state index >= 15 is 0 Å². The van der Waals surface area contributed by atoms with E-state index in [0.29, 0.717) is 17.3 Å². The van der Waals surface area contributed by atoms with Crippen LogP contribution < -0.4 is 10.2 Å². The lowest BCUT2D eigenvalue weighted by atomic mass is 10.2. The second kappa shape index (κ2) is 7.78. The van der Waals surface area contributed by atoms with Gasteiger partial charge in [0.25, 0.3) is 5.91 Å². The van der Waals surface area contributed by atoms with Crippen LogP contribution in [-0.4, -0.2) is 22.4 Å². The fourth-order valence-corrected chi connectivity index (χ4v) is 2.79. The summed E-state index contributed by atoms with van der Waals surface area (Å²) in [6.07, 6.45) is 0. The first kappa shape index (κ1) is 17.6. The average molecular weight is 346 g/mol. The molecule has 132 valence electrons. The van der Waals surface area contributed by atoms with Crippen LogP contribution in [0.1, 0.15) is 28.8 Å². The number of carbonyl (C=O) groups excluding carboxylic acids is 1. The van der Waals surface area contributed by atoms with Crippen molar-refractivity contribution in [3.05, 3.63) is 77.7 Å². The van der Waals surface area contributed by atoms with Crippen molar-refractivity contribution in [2.24, 2.45) is 0 Å². The molecule has 26 heavy (non-hydrogen) atoms. The topological polar surface area (TPSA) is 58.1 Å². The smallest absolute Gasteiger partial charge is 0.274 e. The van der Waals surface area contributed by atoms with Crippen LogP contribution in [0, 0.1) is 13.8 Å². The van der Waals surface area contributed by atoms with E-state index in [1.165, 1.54) is 0 Å². The van der Waals surface area contributed by atoms with E-state index < -0.39 is 0 Å². The molecule has 1 N–H and O–H groups in total. The van der Waals surface area contributed by atoms with Crippen molar-refractivity contribution >= 4 is 23.1 Å². The number of hydrogen-bond donors (Lipinski definition) is 1. The average Bonchev–Trinajstić information content (AvgIpc) is 2.65. The largest absolute Gasteiger partial charge is 0.327 e. The molecule has 0 spiro atoms. The summed E-state index contributed by atoms with van der Waals surface area (Å²) < 4.78 is 0. The standard InChI is InChI=1S/C21H22N4O/c1-4-25(17-11-6-5-7-12-17)20-14-19(22-16(3)23-20)21(26)24-18-13-9-8-10-15(18)2/h5-14H,4H2,1-3H3,(H,24,26). The third-order valence-electron chi connectivity index (χ3n) is 4.11. The second-order valence-corrected chi connectivity index (χ2v) is 6.01. The molecule has 0 aliphatic rings. The number of nitrogens with zero attached hydrogens (tertiary/aromatic N) is 3. The van der Waals surface area contributed by atoms with E-state index in [4.69, 9.17) is 0 Å². The van der Waals surface area contributed by atoms with Crippen molar-refractivity contribution in [1.82, 2.24) is 9.97 Å². The summed E-state index contributed by atoms with van der Waals surface area (Å²) in [5, 5.41) is 2.93. The molecule has 1 amide bonds. The molecule has 0 aliphatic carbocycles. The molecule has 1 heterocycles. The fourth-order valence-electron chi connectivity index (χ4n) is 2.79. The molecule has 3 rings (SSSR count). The van der Waals surface area contributed by atoms with Gasteiger partial charge in [-0.05, 0) is 44.5 Å². The van der Waals surface area contributed by atoms with Gasteiger partial charge in [-0.1, -0.05) is 36.4 Å². The monoisotopic (exact) mass is 346 g/mol. The number of para-hydroxylation sites is 2. The van der Waals surface area contributed by atoms with Crippen LogP contribution in [0.15, 0.2) is 60.7 Å². The highest BCUT2D eigenvalue weighted by molar-refractivity contribution is 6.03. The third kappa shape index (κ3) is 3.88. The summed E-state index contributed by atoms with van der Waals surface area (Å²) in [4.78, 5) is 23.6. The van der Waals surface area contributed by atoms with Crippen molar-refractivity contribution in [1.29, 1.82) is 0 Å². The van der Waals surface area contributed by atoms with Crippen molar-refractivity contribution in [2.45, 2.75) is 20.8 Å². The highest BCUT2D eigenvalue weighted by Gasteiger charge is 2.15. The van der Waals surface area contributed by atoms with Gasteiger partial charge in [0.05, 0.1) is 0 Å². The van der Waals surface area contributed by atoms with Crippen LogP contribution in [0.25, 0.3) is 0 Å². The summed E-state index contributed by atoms with van der Waals surface area (Å²) in [5.74, 6) is 1.03. The molecular formula is C21H22N4O. The maximum Gasteiger partial charge on any atom is 0.274 e. The zero-order chi connectivity index (χ0) is 18.5. The Morgan fingerprint density at radius 2 is 1.69 bits per heavy atom. The number of benzene rings is 2. The summed E-state index contributed by atoms with van der Waals surface area (Å²) in [5.41, 5.74) is 3.17. The van der Waals surface area contributed by atoms with Crippen molar-refractivity contribution in [3.8, 4) is 0 Å². The molecule has 0 atom stereocenters. The molecule has 0 aliphatic heterocycles. The maximum atomic E-state index is 12.7. The predicted octanol–water partition coefficient (Wildman–Crippen LogP) is 4.50. The van der Waals surface area contributed by atoms with Gasteiger partial charge in [-0.3, -0.25) is 4.79 Å². The van der Waals surface area contributed by atoms with E-state index in [0.717, 1.165) is 23.5 Å². The Bertz CT molecular complexity index is 909. The van der Waals surface area contributed by atoms with Gasteiger partial charge < -0.3 is 10.2 Å². The Morgan fingerprint density at radius 3 is 2.38 bits per heavy atom. The summed E-state index contributed by atoms with van der Waals surface area (Å²) >= 11 is 0. The number of amides is 1. The first-order valence-corrected chi connectivity index (χ1v) is 8.63. The molecule has 0 bridgehead atoms. The van der Waals surface area contributed by atoms with Gasteiger partial charge in [0.15, 0.2) is 0 Å². The number of anilines is 3. The number of hydrogen-bond acceptors (Lipinski definition) is 4. The lowest BCUT2D eigenvalue weighted by Gasteiger charge is -2.22. The van der Waals surface area contributed by atoms with Crippen LogP contribution in [0.5, 0.6) is 0 Å². The minimum absolute atomic E-state index is 0.241. The third-order valence-corrected chi connectivity index (χ3v) is 4.11. The van der Waals surface area contributed by atoms with Crippen LogP contribution >= 0.6 is 0 Å². The molecule has 0 radical (unpaired) electrons. The lowest BCUT2D eigenvalue weighted by molar-refractivity contribution is 0.102. The molecule has 0 fully saturated rings. The Balaban J connectivity index is 1.92. The summed E-state index contributed by atoms with van der Waals surface area (Å²) in [7, 11) is 0. The van der Waals surface area contributed by atoms with E-state index in [1.54, 1.807) is 13.0 Å². The number of aromatic nitrogens is 2. The zero-order valence-electron chi connectivity index (χ0n) is 15.2. The quantitative estimate of drug-likeness (QED) is 0.739. The van der Waals surface area contributed by atoms with E-state index in [1.807, 2.05) is 61.5 Å². The minimum Gasteiger partial charge on any atom is -0.327 e. The van der Waals surface area contributed by atoms with Gasteiger partial charge in [0.2, 0.25) is 0 Å². The van der Waals surface area contributed by atoms with Gasteiger partial charge in [-0.2, -0.15) is 0 Å². The molecule has 0 saturated carbocycles. The van der Waals surface area contributed by atoms with E-state index in [2.05, 4.69) is 27.1 Å². The fraction of sp³-hybridized carbons (Fsp3) is 0.190. The Morgan fingerprint density at radius 1 is 1.00 bits per heavy atom. The molecule has 0 saturated heterocycles. The lowest BCUT2D eigenvalue weighted by Crippen LogP contribution is -2.21. The van der Waals surface area contributed by atoms with Crippen LogP contribution in [0.4, 0.5) is 17.2 Å². The second-order valence-electron chi connectivity index (χ2n) is 6.01. The maximum absolute atomic E-state index is 12.7. The molecule has 3 aromatic rings. The molecule has 2 aromatic carbocycles. The number of carbonyl (C=O) groups is 1. The summed E-state index contributed by atoms with van der Waals surface area (Å²) in [6, 6.07) is 19.4. The molecule has 5 heteroatoms. The Hall–Kier alpha value is -3.21. The molecule has 0 unspecified atom stereocenters. The van der Waals surface area contributed by atoms with Crippen molar-refractivity contribution in [2.75, 3.05) is 16.8 Å². The normalized spacial score (nSPS) is 10.4. The highest BCUT2D eigenvalue weighted by Crippen LogP contribution is 2.24. The van der Waals surface area contributed by atoms with Gasteiger partial charge in [-0.25, -0.2) is 9.97 Å². The zero-order valence-corrected chi connectivity index (χ0v) is 15.2. The SMILES string of the molecule is CCN(c1ccccc1)c1cc(C(=O)Nc2ccccc2C)nc(C)n1. The van der Waals surface area contributed by atoms with Crippen molar-refractivity contribution < 1.29 is 4.79 Å². The van der Waals surface area contributed by atoms with E-state index in [-0.39, 0.29) is 5.91 Å². The van der Waals surface area contributed by atoms with Crippen LogP contribution in [0.2, 0.25) is 0 Å². The molecule has 1 aromatic heterocycles. The van der Waals surface area contributed by atoms with Gasteiger partial charge in [0.1, 0.15) is 17.3 Å². The predicted molar refractivity (Wildman–Crippen MR) is 105 cm³/mol. The highest BCUT2D eigenvalue weighted by atomic mass is 16.1. The van der Waals surface area contributed by atoms with Crippen LogP contribution in [-0.2, 0) is 0 Å². The summed E-state index contributed by atoms with van der Waals surface area (Å²) in [6.45, 7) is 6.55. The minimum atomic E-state index is -0.241. The number of nitrogens with one attached hydrogen (secondary N) is 1. The first-order valence-electron chi connectivity index (χ1n) is 8.63. The van der Waals surface area contributed by atoms with Crippen LogP contribution in [0.3, 0.4) is 0 Å². The molecular weight excluding hydrogens is 324 g/mol. The number of aryl methyl sites for hydroxylation is 2. The number of rotatable bonds is 5. The Kier molecular flexibility index (Phi) is 5.27. The molecule has 5 nitrogen and oxygen atoms in total. The van der Waals surface area contributed by atoms with Gasteiger partial charge >= 0.3 is 0 Å². The van der Waals surface area contributed by atoms with Gasteiger partial charge in [-0.15, -0.1) is 0 Å². The first-order chi connectivity index (χ1) is 12.6. The van der Waals surface area contributed by atoms with Gasteiger partial charge in [0, 0.05) is 24.0 Å². The van der Waals surface area contributed by atoms with E-state index in [9.17, 15) is 4.79 Å².